The summed E-state index contributed by atoms with van der Waals surface area (Å²) in [6, 6.07) is 20.0. The smallest absolute Gasteiger partial charge is 0.221 e. The number of ether oxygens (including phenoxy) is 1. The summed E-state index contributed by atoms with van der Waals surface area (Å²) >= 11 is 5.95. The molecule has 2 aromatic carbocycles. The summed E-state index contributed by atoms with van der Waals surface area (Å²) in [5, 5.41) is 7.02. The fourth-order valence-electron chi connectivity index (χ4n) is 5.67. The van der Waals surface area contributed by atoms with E-state index in [-0.39, 0.29) is 18.0 Å². The van der Waals surface area contributed by atoms with Gasteiger partial charge in [0.15, 0.2) is 5.11 Å². The molecule has 1 saturated heterocycles. The number of thiocarbonyl (C=S) groups is 1. The van der Waals surface area contributed by atoms with Gasteiger partial charge in [0, 0.05) is 30.2 Å². The molecule has 0 radical (unpaired) electrons. The summed E-state index contributed by atoms with van der Waals surface area (Å²) in [6.07, 6.45) is 1.81. The zero-order chi connectivity index (χ0) is 27.8. The number of hydrogen-bond donors (Lipinski definition) is 2. The van der Waals surface area contributed by atoms with Crippen molar-refractivity contribution in [2.24, 2.45) is 0 Å². The molecule has 1 aliphatic rings. The number of pyridine rings is 1. The van der Waals surface area contributed by atoms with Gasteiger partial charge in [-0.3, -0.25) is 9.78 Å². The van der Waals surface area contributed by atoms with Gasteiger partial charge in [-0.05, 0) is 93.0 Å². The van der Waals surface area contributed by atoms with Crippen molar-refractivity contribution in [2.75, 3.05) is 17.3 Å². The average Bonchev–Trinajstić information content (AvgIpc) is 3.39. The molecule has 1 fully saturated rings. The number of para-hydroxylation sites is 1. The van der Waals surface area contributed by atoms with Gasteiger partial charge in [0.2, 0.25) is 5.91 Å². The highest BCUT2D eigenvalue weighted by Crippen LogP contribution is 2.45. The van der Waals surface area contributed by atoms with E-state index < -0.39 is 0 Å². The molecule has 1 aliphatic heterocycles. The maximum Gasteiger partial charge on any atom is 0.221 e. The fraction of sp³-hybridized carbons (Fsp3) is 0.258. The minimum atomic E-state index is -0.185. The molecule has 7 nitrogen and oxygen atoms in total. The first-order valence-electron chi connectivity index (χ1n) is 12.9. The van der Waals surface area contributed by atoms with Crippen LogP contribution in [0, 0.1) is 27.7 Å². The monoisotopic (exact) mass is 539 g/mol. The molecule has 2 N–H and O–H groups in total. The molecule has 3 heterocycles. The molecule has 0 saturated carbocycles. The molecule has 200 valence electrons. The molecule has 2 aromatic heterocycles. The van der Waals surface area contributed by atoms with E-state index in [4.69, 9.17) is 21.9 Å². The molecule has 2 unspecified atom stereocenters. The Kier molecular flexibility index (Phi) is 7.14. The number of aromatic nitrogens is 2. The van der Waals surface area contributed by atoms with Crippen LogP contribution in [0.5, 0.6) is 5.75 Å². The van der Waals surface area contributed by atoms with E-state index in [1.165, 1.54) is 23.7 Å². The minimum Gasteiger partial charge on any atom is -0.495 e. The van der Waals surface area contributed by atoms with E-state index in [1.54, 1.807) is 7.11 Å². The quantitative estimate of drug-likeness (QED) is 0.282. The highest BCUT2D eigenvalue weighted by molar-refractivity contribution is 7.80. The van der Waals surface area contributed by atoms with Crippen molar-refractivity contribution in [3.05, 3.63) is 101 Å². The molecule has 39 heavy (non-hydrogen) atoms. The Balaban J connectivity index is 1.70. The van der Waals surface area contributed by atoms with Gasteiger partial charge < -0.3 is 24.8 Å². The second-order valence-corrected chi connectivity index (χ2v) is 10.4. The van der Waals surface area contributed by atoms with Crippen LogP contribution in [0.2, 0.25) is 0 Å². The first kappa shape index (κ1) is 26.4. The Morgan fingerprint density at radius 1 is 1.03 bits per heavy atom. The number of nitrogens with one attached hydrogen (secondary N) is 2. The number of benzene rings is 2. The van der Waals surface area contributed by atoms with Crippen LogP contribution >= 0.6 is 12.2 Å². The van der Waals surface area contributed by atoms with Crippen LogP contribution in [-0.4, -0.2) is 27.7 Å². The van der Waals surface area contributed by atoms with E-state index >= 15 is 0 Å². The van der Waals surface area contributed by atoms with Crippen LogP contribution < -0.4 is 20.3 Å². The normalized spacial score (nSPS) is 16.8. The summed E-state index contributed by atoms with van der Waals surface area (Å²) < 4.78 is 7.85. The van der Waals surface area contributed by atoms with Gasteiger partial charge in [0.05, 0.1) is 36.3 Å². The highest BCUT2D eigenvalue weighted by Gasteiger charge is 2.42. The van der Waals surface area contributed by atoms with Crippen molar-refractivity contribution in [2.45, 2.75) is 46.7 Å². The summed E-state index contributed by atoms with van der Waals surface area (Å²) in [4.78, 5) is 18.8. The molecule has 0 bridgehead atoms. The second kappa shape index (κ2) is 10.5. The Morgan fingerprint density at radius 2 is 1.77 bits per heavy atom. The van der Waals surface area contributed by atoms with Gasteiger partial charge in [-0.2, -0.15) is 0 Å². The zero-order valence-electron chi connectivity index (χ0n) is 23.1. The number of methoxy groups -OCH3 is 1. The van der Waals surface area contributed by atoms with Crippen molar-refractivity contribution in [3.8, 4) is 11.4 Å². The third-order valence-electron chi connectivity index (χ3n) is 7.32. The van der Waals surface area contributed by atoms with Crippen LogP contribution in [0.15, 0.2) is 66.9 Å². The molecular weight excluding hydrogens is 506 g/mol. The summed E-state index contributed by atoms with van der Waals surface area (Å²) in [6.45, 7) is 10.1. The topological polar surface area (TPSA) is 71.4 Å². The average molecular weight is 540 g/mol. The molecule has 0 spiro atoms. The van der Waals surface area contributed by atoms with Crippen LogP contribution in [0.1, 0.15) is 52.8 Å². The third kappa shape index (κ3) is 4.76. The van der Waals surface area contributed by atoms with Crippen molar-refractivity contribution in [1.82, 2.24) is 14.9 Å². The third-order valence-corrected chi connectivity index (χ3v) is 7.64. The number of anilines is 2. The fourth-order valence-corrected chi connectivity index (χ4v) is 6.02. The number of hydrogen-bond acceptors (Lipinski definition) is 4. The van der Waals surface area contributed by atoms with Crippen molar-refractivity contribution in [1.29, 1.82) is 0 Å². The van der Waals surface area contributed by atoms with Crippen molar-refractivity contribution in [3.63, 3.8) is 0 Å². The SMILES string of the molecule is COc1ccc(N2C(=S)NC(c3ccccn3)C2c2cc(C)n(-c3c(C)cccc3C)c2C)cc1NC(C)=O. The molecule has 5 rings (SSSR count). The number of carbonyl (C=O) groups is 1. The zero-order valence-corrected chi connectivity index (χ0v) is 23.9. The first-order valence-corrected chi connectivity index (χ1v) is 13.3. The summed E-state index contributed by atoms with van der Waals surface area (Å²) in [5.41, 5.74) is 9.41. The summed E-state index contributed by atoms with van der Waals surface area (Å²) in [5.74, 6) is 0.408. The number of nitrogens with zero attached hydrogens (tertiary/aromatic N) is 3. The van der Waals surface area contributed by atoms with Crippen LogP contribution in [0.3, 0.4) is 0 Å². The predicted octanol–water partition coefficient (Wildman–Crippen LogP) is 6.25. The molecule has 1 amide bonds. The Hall–Kier alpha value is -4.17. The van der Waals surface area contributed by atoms with Gasteiger partial charge >= 0.3 is 0 Å². The van der Waals surface area contributed by atoms with Crippen molar-refractivity contribution >= 4 is 34.6 Å². The molecule has 8 heteroatoms. The van der Waals surface area contributed by atoms with Gasteiger partial charge in [0.1, 0.15) is 5.75 Å². The van der Waals surface area contributed by atoms with Gasteiger partial charge in [-0.1, -0.05) is 24.3 Å². The predicted molar refractivity (Wildman–Crippen MR) is 160 cm³/mol. The molecule has 2 atom stereocenters. The maximum absolute atomic E-state index is 11.9. The highest BCUT2D eigenvalue weighted by atomic mass is 32.1. The van der Waals surface area contributed by atoms with Crippen LogP contribution in [0.25, 0.3) is 5.69 Å². The van der Waals surface area contributed by atoms with E-state index in [0.717, 1.165) is 28.3 Å². The van der Waals surface area contributed by atoms with Gasteiger partial charge in [-0.15, -0.1) is 0 Å². The Bertz CT molecular complexity index is 1540. The molecule has 4 aromatic rings. The van der Waals surface area contributed by atoms with E-state index in [9.17, 15) is 4.79 Å². The van der Waals surface area contributed by atoms with E-state index in [2.05, 4.69) is 72.1 Å². The standard InChI is InChI=1S/C31H33N5O2S/c1-18-10-9-11-19(2)29(18)35-20(3)16-24(21(35)4)30-28(25-12-7-8-15-32-25)34-31(39)36(30)23-13-14-27(38-6)26(17-23)33-22(5)37/h7-17,28,30H,1-6H3,(H,33,37)(H,34,39). The molecule has 0 aliphatic carbocycles. The lowest BCUT2D eigenvalue weighted by Gasteiger charge is -2.29. The minimum absolute atomic E-state index is 0.173. The Labute approximate surface area is 234 Å². The van der Waals surface area contributed by atoms with Crippen LogP contribution in [-0.2, 0) is 4.79 Å². The second-order valence-electron chi connectivity index (χ2n) is 9.96. The number of carbonyl (C=O) groups excluding carboxylic acids is 1. The number of aryl methyl sites for hydroxylation is 3. The van der Waals surface area contributed by atoms with E-state index in [0.29, 0.717) is 16.5 Å². The van der Waals surface area contributed by atoms with Crippen molar-refractivity contribution < 1.29 is 9.53 Å². The number of amides is 1. The largest absolute Gasteiger partial charge is 0.495 e. The summed E-state index contributed by atoms with van der Waals surface area (Å²) in [7, 11) is 1.59. The van der Waals surface area contributed by atoms with E-state index in [1.807, 2.05) is 42.6 Å². The first-order chi connectivity index (χ1) is 18.7. The van der Waals surface area contributed by atoms with Crippen LogP contribution in [0.4, 0.5) is 11.4 Å². The molecular formula is C31H33N5O2S. The lowest BCUT2D eigenvalue weighted by molar-refractivity contribution is -0.114. The lowest BCUT2D eigenvalue weighted by atomic mass is 9.96. The van der Waals surface area contributed by atoms with Gasteiger partial charge in [0.25, 0.3) is 0 Å². The Morgan fingerprint density at radius 3 is 2.41 bits per heavy atom. The van der Waals surface area contributed by atoms with Gasteiger partial charge in [-0.25, -0.2) is 0 Å². The number of rotatable bonds is 6. The maximum atomic E-state index is 11.9. The lowest BCUT2D eigenvalue weighted by Crippen LogP contribution is -2.29.